The van der Waals surface area contributed by atoms with Crippen molar-refractivity contribution in [2.75, 3.05) is 25.1 Å². The topological polar surface area (TPSA) is 84.7 Å². The van der Waals surface area contributed by atoms with Gasteiger partial charge in [-0.15, -0.1) is 12.4 Å². The lowest BCUT2D eigenvalue weighted by atomic mass is 9.83. The molecule has 2 unspecified atom stereocenters. The molecule has 1 aliphatic carbocycles. The number of nitrogens with zero attached hydrogens (tertiary/aromatic N) is 1. The molecule has 0 aromatic heterocycles. The highest BCUT2D eigenvalue weighted by atomic mass is 35.5. The van der Waals surface area contributed by atoms with Crippen LogP contribution in [0.3, 0.4) is 0 Å². The van der Waals surface area contributed by atoms with Crippen molar-refractivity contribution in [3.63, 3.8) is 0 Å². The molecule has 7 heteroatoms. The van der Waals surface area contributed by atoms with E-state index in [0.717, 1.165) is 18.5 Å². The number of rotatable bonds is 6. The van der Waals surface area contributed by atoms with Gasteiger partial charge in [-0.3, -0.25) is 9.59 Å². The normalized spacial score (nSPS) is 21.5. The van der Waals surface area contributed by atoms with Crippen molar-refractivity contribution in [1.82, 2.24) is 5.32 Å². The van der Waals surface area contributed by atoms with Crippen LogP contribution in [-0.4, -0.2) is 38.1 Å². The Morgan fingerprint density at radius 2 is 2.00 bits per heavy atom. The van der Waals surface area contributed by atoms with Crippen LogP contribution >= 0.6 is 12.4 Å². The van der Waals surface area contributed by atoms with E-state index in [4.69, 9.17) is 10.5 Å². The van der Waals surface area contributed by atoms with Crippen LogP contribution in [0.1, 0.15) is 38.5 Å². The van der Waals surface area contributed by atoms with Crippen LogP contribution < -0.4 is 20.7 Å². The number of hydrogen-bond acceptors (Lipinski definition) is 4. The summed E-state index contributed by atoms with van der Waals surface area (Å²) in [7, 11) is 1.58. The van der Waals surface area contributed by atoms with Crippen LogP contribution in [-0.2, 0) is 9.59 Å². The van der Waals surface area contributed by atoms with Gasteiger partial charge in [0.1, 0.15) is 5.75 Å². The molecule has 0 spiro atoms. The molecule has 3 N–H and O–H groups in total. The number of amides is 2. The second-order valence-electron chi connectivity index (χ2n) is 7.33. The number of methoxy groups -OCH3 is 1. The van der Waals surface area contributed by atoms with E-state index in [0.29, 0.717) is 24.8 Å². The van der Waals surface area contributed by atoms with Crippen molar-refractivity contribution < 1.29 is 14.3 Å². The molecule has 6 nitrogen and oxygen atoms in total. The molecule has 2 amide bonds. The van der Waals surface area contributed by atoms with Crippen molar-refractivity contribution in [3.8, 4) is 5.75 Å². The first kappa shape index (κ1) is 21.5. The molecule has 1 saturated carbocycles. The lowest BCUT2D eigenvalue weighted by molar-refractivity contribution is -0.127. The highest BCUT2D eigenvalue weighted by Crippen LogP contribution is 2.33. The quantitative estimate of drug-likeness (QED) is 0.775. The second kappa shape index (κ2) is 9.95. The Balaban J connectivity index is 0.00000261. The molecule has 1 aromatic carbocycles. The molecule has 1 heterocycles. The number of para-hydroxylation sites is 2. The molecule has 3 rings (SSSR count). The molecule has 2 aliphatic rings. The van der Waals surface area contributed by atoms with E-state index in [1.807, 2.05) is 24.3 Å². The first-order chi connectivity index (χ1) is 12.6. The predicted octanol–water partition coefficient (Wildman–Crippen LogP) is 2.49. The van der Waals surface area contributed by atoms with Gasteiger partial charge in [-0.1, -0.05) is 31.4 Å². The van der Waals surface area contributed by atoms with Crippen molar-refractivity contribution in [1.29, 1.82) is 0 Å². The van der Waals surface area contributed by atoms with Crippen LogP contribution in [0, 0.1) is 11.8 Å². The fourth-order valence-electron chi connectivity index (χ4n) is 4.18. The monoisotopic (exact) mass is 395 g/mol. The molecular formula is C20H30ClN3O3. The number of nitrogens with one attached hydrogen (secondary N) is 1. The van der Waals surface area contributed by atoms with Gasteiger partial charge in [-0.2, -0.15) is 0 Å². The van der Waals surface area contributed by atoms with E-state index in [1.54, 1.807) is 12.0 Å². The molecule has 0 radical (unpaired) electrons. The Hall–Kier alpha value is -1.79. The van der Waals surface area contributed by atoms with Crippen LogP contribution in [0.15, 0.2) is 24.3 Å². The zero-order valence-corrected chi connectivity index (χ0v) is 16.7. The maximum Gasteiger partial charge on any atom is 0.227 e. The third-order valence-electron chi connectivity index (χ3n) is 5.67. The molecule has 1 saturated heterocycles. The number of benzene rings is 1. The number of carbonyl (C=O) groups excluding carboxylic acids is 2. The highest BCUT2D eigenvalue weighted by Gasteiger charge is 2.37. The minimum absolute atomic E-state index is 0. The fourth-order valence-corrected chi connectivity index (χ4v) is 4.18. The summed E-state index contributed by atoms with van der Waals surface area (Å²) in [5.74, 6) is 0.655. The molecule has 2 fully saturated rings. The fraction of sp³-hybridized carbons (Fsp3) is 0.600. The van der Waals surface area contributed by atoms with Gasteiger partial charge in [0.15, 0.2) is 0 Å². The molecule has 0 bridgehead atoms. The SMILES string of the molecule is COc1ccccc1N1CC(C(=O)NC(CN)C2CCCCC2)CC1=O.Cl. The van der Waals surface area contributed by atoms with Crippen LogP contribution in [0.4, 0.5) is 5.69 Å². The molecule has 2 atom stereocenters. The predicted molar refractivity (Wildman–Crippen MR) is 108 cm³/mol. The van der Waals surface area contributed by atoms with E-state index in [-0.39, 0.29) is 42.6 Å². The Labute approximate surface area is 167 Å². The van der Waals surface area contributed by atoms with Crippen molar-refractivity contribution in [2.24, 2.45) is 17.6 Å². The summed E-state index contributed by atoms with van der Waals surface area (Å²) in [5.41, 5.74) is 6.65. The van der Waals surface area contributed by atoms with Gasteiger partial charge in [0.05, 0.1) is 18.7 Å². The van der Waals surface area contributed by atoms with Gasteiger partial charge in [0, 0.05) is 25.6 Å². The number of nitrogens with two attached hydrogens (primary N) is 1. The van der Waals surface area contributed by atoms with E-state index >= 15 is 0 Å². The van der Waals surface area contributed by atoms with Crippen LogP contribution in [0.25, 0.3) is 0 Å². The molecule has 27 heavy (non-hydrogen) atoms. The van der Waals surface area contributed by atoms with Gasteiger partial charge in [-0.25, -0.2) is 0 Å². The summed E-state index contributed by atoms with van der Waals surface area (Å²) in [6.45, 7) is 0.834. The third-order valence-corrected chi connectivity index (χ3v) is 5.67. The first-order valence-corrected chi connectivity index (χ1v) is 9.58. The number of halogens is 1. The maximum atomic E-state index is 12.8. The van der Waals surface area contributed by atoms with E-state index in [2.05, 4.69) is 5.32 Å². The molecular weight excluding hydrogens is 366 g/mol. The third kappa shape index (κ3) is 4.93. The Morgan fingerprint density at radius 3 is 2.67 bits per heavy atom. The number of hydrogen-bond donors (Lipinski definition) is 2. The molecule has 1 aromatic rings. The lowest BCUT2D eigenvalue weighted by Crippen LogP contribution is -2.48. The van der Waals surface area contributed by atoms with Crippen molar-refractivity contribution in [2.45, 2.75) is 44.6 Å². The van der Waals surface area contributed by atoms with Gasteiger partial charge in [0.2, 0.25) is 11.8 Å². The summed E-state index contributed by atoms with van der Waals surface area (Å²) >= 11 is 0. The van der Waals surface area contributed by atoms with E-state index in [1.165, 1.54) is 19.3 Å². The van der Waals surface area contributed by atoms with E-state index < -0.39 is 0 Å². The summed E-state index contributed by atoms with van der Waals surface area (Å²) in [5, 5.41) is 3.13. The van der Waals surface area contributed by atoms with Crippen LogP contribution in [0.5, 0.6) is 5.75 Å². The number of carbonyl (C=O) groups is 2. The number of anilines is 1. The first-order valence-electron chi connectivity index (χ1n) is 9.58. The van der Waals surface area contributed by atoms with Gasteiger partial charge in [0.25, 0.3) is 0 Å². The Morgan fingerprint density at radius 1 is 1.30 bits per heavy atom. The Kier molecular flexibility index (Phi) is 7.92. The van der Waals surface area contributed by atoms with Gasteiger partial charge in [-0.05, 0) is 30.9 Å². The smallest absolute Gasteiger partial charge is 0.227 e. The van der Waals surface area contributed by atoms with E-state index in [9.17, 15) is 9.59 Å². The second-order valence-corrected chi connectivity index (χ2v) is 7.33. The van der Waals surface area contributed by atoms with Crippen molar-refractivity contribution >= 4 is 29.9 Å². The standard InChI is InChI=1S/C20H29N3O3.ClH/c1-26-18-10-6-5-9-17(18)23-13-15(11-19(23)24)20(25)22-16(12-21)14-7-3-2-4-8-14;/h5-6,9-10,14-16H,2-4,7-8,11-13,21H2,1H3,(H,22,25);1H. The number of ether oxygens (including phenoxy) is 1. The summed E-state index contributed by atoms with van der Waals surface area (Å²) < 4.78 is 5.35. The average Bonchev–Trinajstić information content (AvgIpc) is 3.08. The summed E-state index contributed by atoms with van der Waals surface area (Å²) in [6, 6.07) is 7.42. The largest absolute Gasteiger partial charge is 0.495 e. The zero-order chi connectivity index (χ0) is 18.5. The average molecular weight is 396 g/mol. The Bertz CT molecular complexity index is 649. The minimum Gasteiger partial charge on any atom is -0.495 e. The highest BCUT2D eigenvalue weighted by molar-refractivity contribution is 6.01. The maximum absolute atomic E-state index is 12.8. The van der Waals surface area contributed by atoms with Gasteiger partial charge < -0.3 is 20.7 Å². The minimum atomic E-state index is -0.343. The summed E-state index contributed by atoms with van der Waals surface area (Å²) in [6.07, 6.45) is 6.16. The lowest BCUT2D eigenvalue weighted by Gasteiger charge is -2.30. The zero-order valence-electron chi connectivity index (χ0n) is 15.9. The van der Waals surface area contributed by atoms with Crippen molar-refractivity contribution in [3.05, 3.63) is 24.3 Å². The molecule has 1 aliphatic heterocycles. The summed E-state index contributed by atoms with van der Waals surface area (Å²) in [4.78, 5) is 26.9. The van der Waals surface area contributed by atoms with Crippen LogP contribution in [0.2, 0.25) is 0 Å². The van der Waals surface area contributed by atoms with Gasteiger partial charge >= 0.3 is 0 Å². The molecule has 150 valence electrons.